The van der Waals surface area contributed by atoms with Gasteiger partial charge in [0.15, 0.2) is 0 Å². The topological polar surface area (TPSA) is 21.3 Å². The van der Waals surface area contributed by atoms with Crippen molar-refractivity contribution in [3.8, 4) is 0 Å². The van der Waals surface area contributed by atoms with Crippen LogP contribution >= 0.6 is 0 Å². The first-order chi connectivity index (χ1) is 6.75. The molecule has 76 valence electrons. The van der Waals surface area contributed by atoms with Gasteiger partial charge >= 0.3 is 0 Å². The first-order valence-electron chi connectivity index (χ1n) is 4.86. The maximum Gasteiger partial charge on any atom is 0.123 e. The second kappa shape index (κ2) is 4.07. The minimum absolute atomic E-state index is 0.0619. The van der Waals surface area contributed by atoms with Crippen LogP contribution in [0.4, 0.5) is 4.39 Å². The molecular weight excluding hydrogens is 181 g/mol. The second-order valence-corrected chi connectivity index (χ2v) is 3.68. The fourth-order valence-corrected chi connectivity index (χ4v) is 1.58. The van der Waals surface area contributed by atoms with Crippen LogP contribution in [0.15, 0.2) is 24.3 Å². The van der Waals surface area contributed by atoms with E-state index in [2.05, 4.69) is 12.2 Å². The van der Waals surface area contributed by atoms with Crippen LogP contribution in [-0.2, 0) is 4.74 Å². The van der Waals surface area contributed by atoms with Crippen LogP contribution in [0.5, 0.6) is 0 Å². The third kappa shape index (κ3) is 2.11. The van der Waals surface area contributed by atoms with E-state index in [9.17, 15) is 4.39 Å². The van der Waals surface area contributed by atoms with Gasteiger partial charge in [-0.1, -0.05) is 12.1 Å². The normalized spacial score (nSPS) is 27.6. The molecule has 1 heterocycles. The lowest BCUT2D eigenvalue weighted by atomic mass is 10.1. The van der Waals surface area contributed by atoms with Crippen molar-refractivity contribution in [2.24, 2.45) is 0 Å². The summed E-state index contributed by atoms with van der Waals surface area (Å²) in [5, 5.41) is 3.33. The van der Waals surface area contributed by atoms with Crippen LogP contribution in [0.25, 0.3) is 0 Å². The lowest BCUT2D eigenvalue weighted by Gasteiger charge is -2.28. The monoisotopic (exact) mass is 195 g/mol. The third-order valence-corrected chi connectivity index (χ3v) is 2.44. The molecule has 1 saturated heterocycles. The SMILES string of the molecule is C[C@H]1CO[C@H](c2ccc(F)cc2)CN1. The van der Waals surface area contributed by atoms with Crippen molar-refractivity contribution < 1.29 is 9.13 Å². The molecule has 2 rings (SSSR count). The highest BCUT2D eigenvalue weighted by Crippen LogP contribution is 2.19. The summed E-state index contributed by atoms with van der Waals surface area (Å²) in [5.41, 5.74) is 1.03. The van der Waals surface area contributed by atoms with Gasteiger partial charge < -0.3 is 10.1 Å². The number of morpholine rings is 1. The van der Waals surface area contributed by atoms with Gasteiger partial charge in [-0.25, -0.2) is 4.39 Å². The predicted octanol–water partition coefficient (Wildman–Crippen LogP) is 1.88. The summed E-state index contributed by atoms with van der Waals surface area (Å²) in [5.74, 6) is -0.203. The first-order valence-corrected chi connectivity index (χ1v) is 4.86. The van der Waals surface area contributed by atoms with E-state index in [1.165, 1.54) is 12.1 Å². The lowest BCUT2D eigenvalue weighted by molar-refractivity contribution is 0.00692. The fourth-order valence-electron chi connectivity index (χ4n) is 1.58. The Labute approximate surface area is 83.1 Å². The van der Waals surface area contributed by atoms with E-state index in [-0.39, 0.29) is 11.9 Å². The summed E-state index contributed by atoms with van der Waals surface area (Å²) in [6.07, 6.45) is 0.0619. The Kier molecular flexibility index (Phi) is 2.79. The van der Waals surface area contributed by atoms with E-state index in [1.807, 2.05) is 0 Å². The Morgan fingerprint density at radius 1 is 1.36 bits per heavy atom. The maximum absolute atomic E-state index is 12.7. The van der Waals surface area contributed by atoms with E-state index < -0.39 is 0 Å². The van der Waals surface area contributed by atoms with Crippen LogP contribution in [0.2, 0.25) is 0 Å². The quantitative estimate of drug-likeness (QED) is 0.738. The summed E-state index contributed by atoms with van der Waals surface area (Å²) in [4.78, 5) is 0. The van der Waals surface area contributed by atoms with Crippen molar-refractivity contribution in [3.63, 3.8) is 0 Å². The van der Waals surface area contributed by atoms with Crippen LogP contribution in [0.3, 0.4) is 0 Å². The smallest absolute Gasteiger partial charge is 0.123 e. The van der Waals surface area contributed by atoms with E-state index in [0.717, 1.165) is 12.1 Å². The number of halogens is 1. The van der Waals surface area contributed by atoms with Gasteiger partial charge in [-0.2, -0.15) is 0 Å². The van der Waals surface area contributed by atoms with Crippen molar-refractivity contribution >= 4 is 0 Å². The largest absolute Gasteiger partial charge is 0.371 e. The Balaban J connectivity index is 2.05. The van der Waals surface area contributed by atoms with Gasteiger partial charge in [0.1, 0.15) is 5.82 Å². The molecule has 0 radical (unpaired) electrons. The molecule has 0 saturated carbocycles. The number of benzene rings is 1. The Morgan fingerprint density at radius 3 is 2.64 bits per heavy atom. The van der Waals surface area contributed by atoms with Crippen molar-refractivity contribution in [2.75, 3.05) is 13.2 Å². The zero-order chi connectivity index (χ0) is 9.97. The van der Waals surface area contributed by atoms with Gasteiger partial charge in [0.05, 0.1) is 12.7 Å². The molecule has 0 aliphatic carbocycles. The minimum Gasteiger partial charge on any atom is -0.371 e. The van der Waals surface area contributed by atoms with Gasteiger partial charge in [-0.15, -0.1) is 0 Å². The van der Waals surface area contributed by atoms with E-state index in [1.54, 1.807) is 12.1 Å². The predicted molar refractivity (Wildman–Crippen MR) is 52.6 cm³/mol. The molecule has 1 aliphatic rings. The third-order valence-electron chi connectivity index (χ3n) is 2.44. The van der Waals surface area contributed by atoms with Gasteiger partial charge in [0, 0.05) is 12.6 Å². The fraction of sp³-hybridized carbons (Fsp3) is 0.455. The molecule has 0 unspecified atom stereocenters. The van der Waals surface area contributed by atoms with Crippen LogP contribution in [0.1, 0.15) is 18.6 Å². The van der Waals surface area contributed by atoms with Gasteiger partial charge in [-0.05, 0) is 24.6 Å². The summed E-state index contributed by atoms with van der Waals surface area (Å²) < 4.78 is 18.3. The van der Waals surface area contributed by atoms with Gasteiger partial charge in [0.25, 0.3) is 0 Å². The lowest BCUT2D eigenvalue weighted by Crippen LogP contribution is -2.40. The number of hydrogen-bond donors (Lipinski definition) is 1. The highest BCUT2D eigenvalue weighted by Gasteiger charge is 2.19. The zero-order valence-electron chi connectivity index (χ0n) is 8.16. The average Bonchev–Trinajstić information content (AvgIpc) is 2.21. The van der Waals surface area contributed by atoms with Gasteiger partial charge in [-0.3, -0.25) is 0 Å². The number of hydrogen-bond acceptors (Lipinski definition) is 2. The molecule has 0 aromatic heterocycles. The summed E-state index contributed by atoms with van der Waals surface area (Å²) in [6.45, 7) is 3.59. The molecule has 3 heteroatoms. The Morgan fingerprint density at radius 2 is 2.07 bits per heavy atom. The summed E-state index contributed by atoms with van der Waals surface area (Å²) >= 11 is 0. The van der Waals surface area contributed by atoms with Crippen molar-refractivity contribution in [2.45, 2.75) is 19.1 Å². The molecule has 1 aromatic carbocycles. The number of ether oxygens (including phenoxy) is 1. The Hall–Kier alpha value is -0.930. The van der Waals surface area contributed by atoms with E-state index in [4.69, 9.17) is 4.74 Å². The van der Waals surface area contributed by atoms with E-state index >= 15 is 0 Å². The van der Waals surface area contributed by atoms with Crippen LogP contribution in [0, 0.1) is 5.82 Å². The summed E-state index contributed by atoms with van der Waals surface area (Å²) in [6, 6.07) is 6.90. The molecule has 0 amide bonds. The average molecular weight is 195 g/mol. The number of rotatable bonds is 1. The van der Waals surface area contributed by atoms with Gasteiger partial charge in [0.2, 0.25) is 0 Å². The standard InChI is InChI=1S/C11H14FNO/c1-8-7-14-11(6-13-8)9-2-4-10(12)5-3-9/h2-5,8,11,13H,6-7H2,1H3/t8-,11-/m0/s1. The molecule has 1 fully saturated rings. The second-order valence-electron chi connectivity index (χ2n) is 3.68. The molecule has 14 heavy (non-hydrogen) atoms. The highest BCUT2D eigenvalue weighted by molar-refractivity contribution is 5.19. The molecule has 1 aromatic rings. The maximum atomic E-state index is 12.7. The molecule has 1 N–H and O–H groups in total. The minimum atomic E-state index is -0.203. The van der Waals surface area contributed by atoms with Crippen molar-refractivity contribution in [1.82, 2.24) is 5.32 Å². The Bertz CT molecular complexity index is 291. The van der Waals surface area contributed by atoms with Crippen LogP contribution in [-0.4, -0.2) is 19.2 Å². The van der Waals surface area contributed by atoms with E-state index in [0.29, 0.717) is 12.6 Å². The zero-order valence-corrected chi connectivity index (χ0v) is 8.16. The molecular formula is C11H14FNO. The highest BCUT2D eigenvalue weighted by atomic mass is 19.1. The summed E-state index contributed by atoms with van der Waals surface area (Å²) in [7, 11) is 0. The molecule has 2 atom stereocenters. The molecule has 1 aliphatic heterocycles. The first kappa shape index (κ1) is 9.62. The molecule has 0 bridgehead atoms. The van der Waals surface area contributed by atoms with Crippen LogP contribution < -0.4 is 5.32 Å². The molecule has 0 spiro atoms. The number of nitrogens with one attached hydrogen (secondary N) is 1. The van der Waals surface area contributed by atoms with Crippen molar-refractivity contribution in [3.05, 3.63) is 35.6 Å². The molecule has 2 nitrogen and oxygen atoms in total. The van der Waals surface area contributed by atoms with Crippen molar-refractivity contribution in [1.29, 1.82) is 0 Å².